The van der Waals surface area contributed by atoms with Crippen molar-refractivity contribution in [2.45, 2.75) is 13.0 Å². The molecule has 0 aliphatic rings. The van der Waals surface area contributed by atoms with Crippen LogP contribution in [-0.4, -0.2) is 23.1 Å². The number of aliphatic carboxylic acids is 1. The van der Waals surface area contributed by atoms with Gasteiger partial charge in [0, 0.05) is 4.47 Å². The number of anilines is 1. The van der Waals surface area contributed by atoms with Crippen molar-refractivity contribution in [1.29, 1.82) is 0 Å². The Labute approximate surface area is 115 Å². The Morgan fingerprint density at radius 2 is 2.11 bits per heavy atom. The van der Waals surface area contributed by atoms with E-state index in [1.807, 2.05) is 0 Å². The number of amides is 2. The molecular formula is C10H9BrClFN2O3. The maximum atomic E-state index is 12.9. The number of benzene rings is 1. The zero-order chi connectivity index (χ0) is 13.9. The summed E-state index contributed by atoms with van der Waals surface area (Å²) in [5.41, 5.74) is 0.160. The van der Waals surface area contributed by atoms with Gasteiger partial charge in [-0.25, -0.2) is 9.18 Å². The Morgan fingerprint density at radius 3 is 2.61 bits per heavy atom. The summed E-state index contributed by atoms with van der Waals surface area (Å²) in [6, 6.07) is 0.354. The van der Waals surface area contributed by atoms with Crippen LogP contribution in [0.5, 0.6) is 0 Å². The summed E-state index contributed by atoms with van der Waals surface area (Å²) >= 11 is 8.79. The number of nitrogens with one attached hydrogen (secondary N) is 2. The Balaban J connectivity index is 2.80. The summed E-state index contributed by atoms with van der Waals surface area (Å²) in [5.74, 6) is -1.73. The Bertz CT molecular complexity index is 475. The lowest BCUT2D eigenvalue weighted by molar-refractivity contribution is -0.138. The molecule has 1 aromatic carbocycles. The number of carbonyl (C=O) groups is 2. The molecule has 0 unspecified atom stereocenters. The molecule has 2 amide bonds. The van der Waals surface area contributed by atoms with Crippen molar-refractivity contribution in [3.8, 4) is 0 Å². The van der Waals surface area contributed by atoms with Crippen LogP contribution in [0.4, 0.5) is 14.9 Å². The molecule has 18 heavy (non-hydrogen) atoms. The number of hydrogen-bond acceptors (Lipinski definition) is 2. The quantitative estimate of drug-likeness (QED) is 0.792. The van der Waals surface area contributed by atoms with Gasteiger partial charge in [-0.3, -0.25) is 4.79 Å². The molecule has 8 heteroatoms. The number of carboxylic acid groups (broad SMARTS) is 1. The van der Waals surface area contributed by atoms with Crippen molar-refractivity contribution in [3.63, 3.8) is 0 Å². The molecule has 0 saturated carbocycles. The van der Waals surface area contributed by atoms with Gasteiger partial charge in [0.05, 0.1) is 10.7 Å². The van der Waals surface area contributed by atoms with E-state index in [0.29, 0.717) is 0 Å². The van der Waals surface area contributed by atoms with Gasteiger partial charge in [-0.1, -0.05) is 11.6 Å². The van der Waals surface area contributed by atoms with Gasteiger partial charge >= 0.3 is 12.0 Å². The second kappa shape index (κ2) is 6.01. The van der Waals surface area contributed by atoms with Gasteiger partial charge in [0.15, 0.2) is 0 Å². The van der Waals surface area contributed by atoms with Gasteiger partial charge in [0.2, 0.25) is 0 Å². The first kappa shape index (κ1) is 14.7. The third-order valence-corrected chi connectivity index (χ3v) is 2.89. The normalized spacial score (nSPS) is 11.8. The highest BCUT2D eigenvalue weighted by Gasteiger charge is 2.16. The minimum atomic E-state index is -1.17. The Morgan fingerprint density at radius 1 is 1.50 bits per heavy atom. The van der Waals surface area contributed by atoms with Crippen molar-refractivity contribution in [3.05, 3.63) is 27.4 Å². The standard InChI is InChI=1S/C10H9BrClFN2O3/c1-4(9(16)17)14-10(18)15-8-6(11)2-5(13)3-7(8)12/h2-4H,1H3,(H,16,17)(H2,14,15,18)/t4-/m1/s1. The molecule has 1 atom stereocenters. The van der Waals surface area contributed by atoms with Crippen LogP contribution >= 0.6 is 27.5 Å². The van der Waals surface area contributed by atoms with Crippen molar-refractivity contribution in [2.75, 3.05) is 5.32 Å². The number of urea groups is 1. The monoisotopic (exact) mass is 338 g/mol. The number of halogens is 3. The van der Waals surface area contributed by atoms with Crippen LogP contribution in [0.1, 0.15) is 6.92 Å². The number of carbonyl (C=O) groups excluding carboxylic acids is 1. The minimum absolute atomic E-state index is 0.00000283. The molecule has 1 aromatic rings. The van der Waals surface area contributed by atoms with Crippen LogP contribution in [0.3, 0.4) is 0 Å². The maximum Gasteiger partial charge on any atom is 0.325 e. The van der Waals surface area contributed by atoms with E-state index in [2.05, 4.69) is 26.6 Å². The molecule has 0 aliphatic heterocycles. The average Bonchev–Trinajstić information content (AvgIpc) is 2.23. The highest BCUT2D eigenvalue weighted by Crippen LogP contribution is 2.31. The van der Waals surface area contributed by atoms with E-state index >= 15 is 0 Å². The maximum absolute atomic E-state index is 12.9. The van der Waals surface area contributed by atoms with Crippen molar-refractivity contribution in [2.24, 2.45) is 0 Å². The minimum Gasteiger partial charge on any atom is -0.480 e. The van der Waals surface area contributed by atoms with E-state index < -0.39 is 23.9 Å². The smallest absolute Gasteiger partial charge is 0.325 e. The fraction of sp³-hybridized carbons (Fsp3) is 0.200. The zero-order valence-electron chi connectivity index (χ0n) is 9.13. The third kappa shape index (κ3) is 3.85. The molecule has 1 rings (SSSR count). The van der Waals surface area contributed by atoms with Crippen molar-refractivity contribution >= 4 is 45.2 Å². The second-order valence-electron chi connectivity index (χ2n) is 3.40. The van der Waals surface area contributed by atoms with E-state index in [0.717, 1.165) is 12.1 Å². The lowest BCUT2D eigenvalue weighted by Crippen LogP contribution is -2.40. The molecule has 98 valence electrons. The summed E-state index contributed by atoms with van der Waals surface area (Å²) in [5, 5.41) is 13.1. The predicted molar refractivity (Wildman–Crippen MR) is 68.4 cm³/mol. The van der Waals surface area contributed by atoms with Crippen LogP contribution in [0.25, 0.3) is 0 Å². The predicted octanol–water partition coefficient (Wildman–Crippen LogP) is 2.84. The van der Waals surface area contributed by atoms with Crippen LogP contribution in [0.2, 0.25) is 5.02 Å². The summed E-state index contributed by atoms with van der Waals surface area (Å²) in [6.07, 6.45) is 0. The molecule has 0 fully saturated rings. The molecule has 3 N–H and O–H groups in total. The summed E-state index contributed by atoms with van der Waals surface area (Å²) in [7, 11) is 0. The second-order valence-corrected chi connectivity index (χ2v) is 4.66. The molecule has 5 nitrogen and oxygen atoms in total. The molecule has 0 bridgehead atoms. The molecule has 0 radical (unpaired) electrons. The molecule has 0 aromatic heterocycles. The first-order valence-electron chi connectivity index (χ1n) is 4.76. The first-order chi connectivity index (χ1) is 8.31. The van der Waals surface area contributed by atoms with E-state index in [-0.39, 0.29) is 15.2 Å². The van der Waals surface area contributed by atoms with Crippen molar-refractivity contribution < 1.29 is 19.1 Å². The van der Waals surface area contributed by atoms with E-state index in [9.17, 15) is 14.0 Å². The van der Waals surface area contributed by atoms with Gasteiger partial charge in [-0.15, -0.1) is 0 Å². The van der Waals surface area contributed by atoms with Crippen LogP contribution in [0.15, 0.2) is 16.6 Å². The van der Waals surface area contributed by atoms with Crippen LogP contribution < -0.4 is 10.6 Å². The Hall–Kier alpha value is -1.34. The number of rotatable bonds is 3. The average molecular weight is 340 g/mol. The van der Waals surface area contributed by atoms with E-state index in [1.165, 1.54) is 6.92 Å². The summed E-state index contributed by atoms with van der Waals surface area (Å²) < 4.78 is 13.2. The topological polar surface area (TPSA) is 78.4 Å². The van der Waals surface area contributed by atoms with Crippen molar-refractivity contribution in [1.82, 2.24) is 5.32 Å². The molecule has 0 saturated heterocycles. The van der Waals surface area contributed by atoms with E-state index in [1.54, 1.807) is 0 Å². The van der Waals surface area contributed by atoms with Gasteiger partial charge in [0.1, 0.15) is 11.9 Å². The number of carboxylic acids is 1. The zero-order valence-corrected chi connectivity index (χ0v) is 11.5. The SMILES string of the molecule is C[C@@H](NC(=O)Nc1c(Cl)cc(F)cc1Br)C(=O)O. The van der Waals surface area contributed by atoms with Crippen LogP contribution in [0, 0.1) is 5.82 Å². The van der Waals surface area contributed by atoms with Gasteiger partial charge in [0.25, 0.3) is 0 Å². The fourth-order valence-corrected chi connectivity index (χ4v) is 1.97. The Kier molecular flexibility index (Phi) is 4.92. The lowest BCUT2D eigenvalue weighted by Gasteiger charge is -2.13. The summed E-state index contributed by atoms with van der Waals surface area (Å²) in [6.45, 7) is 1.31. The van der Waals surface area contributed by atoms with Gasteiger partial charge < -0.3 is 15.7 Å². The first-order valence-corrected chi connectivity index (χ1v) is 5.93. The fourth-order valence-electron chi connectivity index (χ4n) is 1.07. The largest absolute Gasteiger partial charge is 0.480 e. The lowest BCUT2D eigenvalue weighted by atomic mass is 10.3. The van der Waals surface area contributed by atoms with Gasteiger partial charge in [-0.05, 0) is 35.0 Å². The van der Waals surface area contributed by atoms with Gasteiger partial charge in [-0.2, -0.15) is 0 Å². The highest BCUT2D eigenvalue weighted by atomic mass is 79.9. The molecule has 0 aliphatic carbocycles. The molecule has 0 spiro atoms. The number of hydrogen-bond donors (Lipinski definition) is 3. The highest BCUT2D eigenvalue weighted by molar-refractivity contribution is 9.10. The third-order valence-electron chi connectivity index (χ3n) is 1.96. The molecule has 0 heterocycles. The molecular weight excluding hydrogens is 330 g/mol. The van der Waals surface area contributed by atoms with E-state index in [4.69, 9.17) is 16.7 Å². The summed E-state index contributed by atoms with van der Waals surface area (Å²) in [4.78, 5) is 22.0. The van der Waals surface area contributed by atoms with Crippen LogP contribution in [-0.2, 0) is 4.79 Å².